The number of likely N-dealkylation sites (N-methyl/N-ethyl adjacent to an activating group) is 1. The van der Waals surface area contributed by atoms with Crippen molar-refractivity contribution in [3.05, 3.63) is 70.8 Å². The normalized spacial score (nSPS) is 19.1. The van der Waals surface area contributed by atoms with E-state index in [0.29, 0.717) is 35.4 Å². The van der Waals surface area contributed by atoms with Gasteiger partial charge in [0.2, 0.25) is 0 Å². The summed E-state index contributed by atoms with van der Waals surface area (Å²) in [5.74, 6) is 0.245. The highest BCUT2D eigenvalue weighted by Crippen LogP contribution is 2.26. The number of para-hydroxylation sites is 2. The molecule has 1 aliphatic rings. The van der Waals surface area contributed by atoms with Gasteiger partial charge in [0.05, 0.1) is 0 Å². The Labute approximate surface area is 141 Å². The van der Waals surface area contributed by atoms with Crippen molar-refractivity contribution in [2.24, 2.45) is 0 Å². The zero-order chi connectivity index (χ0) is 17.1. The first-order valence-corrected chi connectivity index (χ1v) is 7.75. The minimum absolute atomic E-state index is 0.0559. The van der Waals surface area contributed by atoms with Crippen molar-refractivity contribution in [2.45, 2.75) is 0 Å². The Kier molecular flexibility index (Phi) is 4.49. The predicted molar refractivity (Wildman–Crippen MR) is 94.7 cm³/mol. The van der Waals surface area contributed by atoms with Crippen LogP contribution in [0, 0.1) is 0 Å². The molecular formula is C20H19NO3. The Hall–Kier alpha value is -2.85. The van der Waals surface area contributed by atoms with Crippen LogP contribution in [0.25, 0.3) is 12.2 Å². The topological polar surface area (TPSA) is 60.8 Å². The van der Waals surface area contributed by atoms with Crippen LogP contribution in [0.1, 0.15) is 11.1 Å². The number of carbonyl (C=O) groups excluding carboxylic acids is 1. The lowest BCUT2D eigenvalue weighted by molar-refractivity contribution is -0.113. The minimum atomic E-state index is -0.0559. The molecule has 0 bridgehead atoms. The highest BCUT2D eigenvalue weighted by atomic mass is 16.3. The van der Waals surface area contributed by atoms with E-state index in [9.17, 15) is 15.0 Å². The van der Waals surface area contributed by atoms with E-state index < -0.39 is 0 Å². The predicted octanol–water partition coefficient (Wildman–Crippen LogP) is 3.08. The number of aromatic hydroxyl groups is 2. The Morgan fingerprint density at radius 2 is 1.25 bits per heavy atom. The summed E-state index contributed by atoms with van der Waals surface area (Å²) in [5.41, 5.74) is 2.48. The first-order valence-electron chi connectivity index (χ1n) is 7.75. The number of Topliss-reactive ketones (excluding diaryl/α,β-unsaturated/α-hetero) is 1. The lowest BCUT2D eigenvalue weighted by Gasteiger charge is -2.26. The van der Waals surface area contributed by atoms with Crippen LogP contribution in [0.4, 0.5) is 0 Å². The van der Waals surface area contributed by atoms with E-state index in [1.807, 2.05) is 24.1 Å². The largest absolute Gasteiger partial charge is 0.507 e. The summed E-state index contributed by atoms with van der Waals surface area (Å²) in [7, 11) is 1.93. The van der Waals surface area contributed by atoms with Crippen LogP contribution in [0.15, 0.2) is 59.7 Å². The highest BCUT2D eigenvalue weighted by molar-refractivity contribution is 6.14. The van der Waals surface area contributed by atoms with Crippen LogP contribution in [0.3, 0.4) is 0 Å². The summed E-state index contributed by atoms with van der Waals surface area (Å²) < 4.78 is 0. The van der Waals surface area contributed by atoms with E-state index in [0.717, 1.165) is 0 Å². The Morgan fingerprint density at radius 3 is 1.67 bits per heavy atom. The average molecular weight is 321 g/mol. The summed E-state index contributed by atoms with van der Waals surface area (Å²) in [6.45, 7) is 1.04. The quantitative estimate of drug-likeness (QED) is 0.835. The summed E-state index contributed by atoms with van der Waals surface area (Å²) in [5, 5.41) is 19.8. The second-order valence-corrected chi connectivity index (χ2v) is 5.96. The van der Waals surface area contributed by atoms with E-state index >= 15 is 0 Å². The van der Waals surface area contributed by atoms with Crippen molar-refractivity contribution in [2.75, 3.05) is 20.1 Å². The molecule has 0 spiro atoms. The second kappa shape index (κ2) is 6.72. The fourth-order valence-electron chi connectivity index (χ4n) is 2.80. The third-order valence-electron chi connectivity index (χ3n) is 4.00. The molecule has 2 N–H and O–H groups in total. The maximum Gasteiger partial charge on any atom is 0.187 e. The molecule has 0 aromatic heterocycles. The Balaban J connectivity index is 1.98. The van der Waals surface area contributed by atoms with Crippen LogP contribution >= 0.6 is 0 Å². The lowest BCUT2D eigenvalue weighted by atomic mass is 9.94. The molecule has 2 aromatic rings. The van der Waals surface area contributed by atoms with Crippen molar-refractivity contribution in [1.29, 1.82) is 0 Å². The monoisotopic (exact) mass is 321 g/mol. The number of benzene rings is 2. The molecule has 1 aliphatic heterocycles. The summed E-state index contributed by atoms with van der Waals surface area (Å²) >= 11 is 0. The molecule has 0 amide bonds. The first-order chi connectivity index (χ1) is 11.5. The van der Waals surface area contributed by atoms with Gasteiger partial charge in [0.1, 0.15) is 11.5 Å². The number of carbonyl (C=O) groups is 1. The number of phenolic OH excluding ortho intramolecular Hbond substituents is 2. The fraction of sp³-hybridized carbons (Fsp3) is 0.150. The van der Waals surface area contributed by atoms with Crippen molar-refractivity contribution in [3.8, 4) is 11.5 Å². The molecule has 4 nitrogen and oxygen atoms in total. The van der Waals surface area contributed by atoms with E-state index in [2.05, 4.69) is 0 Å². The van der Waals surface area contributed by atoms with Crippen molar-refractivity contribution in [3.63, 3.8) is 0 Å². The number of piperidine rings is 1. The molecule has 0 aliphatic carbocycles. The van der Waals surface area contributed by atoms with Crippen molar-refractivity contribution < 1.29 is 15.0 Å². The van der Waals surface area contributed by atoms with Gasteiger partial charge >= 0.3 is 0 Å². The molecule has 0 saturated carbocycles. The second-order valence-electron chi connectivity index (χ2n) is 5.96. The maximum atomic E-state index is 12.8. The molecule has 1 heterocycles. The number of ketones is 1. The first kappa shape index (κ1) is 16.0. The minimum Gasteiger partial charge on any atom is -0.507 e. The number of rotatable bonds is 2. The van der Waals surface area contributed by atoms with Crippen LogP contribution in [0.5, 0.6) is 11.5 Å². The number of likely N-dealkylation sites (tertiary alicyclic amines) is 1. The van der Waals surface area contributed by atoms with Gasteiger partial charge in [-0.15, -0.1) is 0 Å². The molecular weight excluding hydrogens is 302 g/mol. The van der Waals surface area contributed by atoms with Crippen LogP contribution in [-0.2, 0) is 4.79 Å². The molecule has 3 rings (SSSR count). The molecule has 0 radical (unpaired) electrons. The van der Waals surface area contributed by atoms with Crippen LogP contribution < -0.4 is 0 Å². The van der Waals surface area contributed by atoms with Gasteiger partial charge in [0, 0.05) is 35.4 Å². The van der Waals surface area contributed by atoms with Gasteiger partial charge in [0.15, 0.2) is 5.78 Å². The smallest absolute Gasteiger partial charge is 0.187 e. The third kappa shape index (κ3) is 3.39. The summed E-state index contributed by atoms with van der Waals surface area (Å²) in [6.07, 6.45) is 3.46. The fourth-order valence-corrected chi connectivity index (χ4v) is 2.80. The third-order valence-corrected chi connectivity index (χ3v) is 4.00. The Morgan fingerprint density at radius 1 is 0.833 bits per heavy atom. The molecule has 0 atom stereocenters. The van der Waals surface area contributed by atoms with Gasteiger partial charge in [-0.25, -0.2) is 0 Å². The number of hydrogen-bond acceptors (Lipinski definition) is 4. The number of nitrogens with zero attached hydrogens (tertiary/aromatic N) is 1. The highest BCUT2D eigenvalue weighted by Gasteiger charge is 2.24. The van der Waals surface area contributed by atoms with Crippen LogP contribution in [-0.4, -0.2) is 41.0 Å². The molecule has 0 unspecified atom stereocenters. The summed E-state index contributed by atoms with van der Waals surface area (Å²) in [4.78, 5) is 14.8. The molecule has 122 valence electrons. The number of hydrogen-bond donors (Lipinski definition) is 2. The average Bonchev–Trinajstić information content (AvgIpc) is 2.56. The zero-order valence-corrected chi connectivity index (χ0v) is 13.4. The molecule has 4 heteroatoms. The van der Waals surface area contributed by atoms with E-state index in [4.69, 9.17) is 0 Å². The SMILES string of the molecule is CN1CC(=Cc2ccccc2O)C(=O)C(=Cc2ccccc2O)C1. The summed E-state index contributed by atoms with van der Waals surface area (Å²) in [6, 6.07) is 13.9. The molecule has 1 saturated heterocycles. The van der Waals surface area contributed by atoms with Gasteiger partial charge < -0.3 is 10.2 Å². The van der Waals surface area contributed by atoms with Gasteiger partial charge in [-0.2, -0.15) is 0 Å². The van der Waals surface area contributed by atoms with Gasteiger partial charge in [-0.1, -0.05) is 36.4 Å². The van der Waals surface area contributed by atoms with Crippen molar-refractivity contribution >= 4 is 17.9 Å². The molecule has 2 aromatic carbocycles. The number of phenols is 2. The lowest BCUT2D eigenvalue weighted by Crippen LogP contribution is -2.34. The van der Waals surface area contributed by atoms with E-state index in [1.54, 1.807) is 48.6 Å². The van der Waals surface area contributed by atoms with E-state index in [1.165, 1.54) is 0 Å². The molecule has 24 heavy (non-hydrogen) atoms. The van der Waals surface area contributed by atoms with Gasteiger partial charge in [0.25, 0.3) is 0 Å². The molecule has 1 fully saturated rings. The standard InChI is InChI=1S/C20H19NO3/c1-21-12-16(10-14-6-2-4-8-18(14)22)20(24)17(13-21)11-15-7-3-5-9-19(15)23/h2-11,22-23H,12-13H2,1H3. The zero-order valence-electron chi connectivity index (χ0n) is 13.4. The van der Waals surface area contributed by atoms with E-state index in [-0.39, 0.29) is 17.3 Å². The van der Waals surface area contributed by atoms with Crippen molar-refractivity contribution in [1.82, 2.24) is 4.90 Å². The van der Waals surface area contributed by atoms with Gasteiger partial charge in [-0.05, 0) is 31.3 Å². The van der Waals surface area contributed by atoms with Gasteiger partial charge in [-0.3, -0.25) is 9.69 Å². The van der Waals surface area contributed by atoms with Crippen LogP contribution in [0.2, 0.25) is 0 Å². The Bertz CT molecular complexity index is 769. The maximum absolute atomic E-state index is 12.8.